The molecule has 0 bridgehead atoms. The average molecular weight is 249 g/mol. The van der Waals surface area contributed by atoms with Crippen molar-refractivity contribution in [2.45, 2.75) is 31.8 Å². The van der Waals surface area contributed by atoms with Gasteiger partial charge in [0, 0.05) is 18.4 Å². The maximum Gasteiger partial charge on any atom is 0.226 e. The molecule has 1 aliphatic rings. The number of ether oxygens (including phenoxy) is 2. The van der Waals surface area contributed by atoms with Crippen molar-refractivity contribution in [2.24, 2.45) is 0 Å². The van der Waals surface area contributed by atoms with Gasteiger partial charge in [-0.25, -0.2) is 0 Å². The van der Waals surface area contributed by atoms with Crippen LogP contribution in [0.3, 0.4) is 0 Å². The molecule has 1 fully saturated rings. The van der Waals surface area contributed by atoms with Gasteiger partial charge < -0.3 is 14.8 Å². The van der Waals surface area contributed by atoms with Crippen LogP contribution in [-0.4, -0.2) is 25.7 Å². The van der Waals surface area contributed by atoms with Crippen LogP contribution in [0.4, 0.5) is 5.69 Å². The minimum absolute atomic E-state index is 0.00449. The molecule has 1 aliphatic heterocycles. The highest BCUT2D eigenvalue weighted by Gasteiger charge is 2.17. The van der Waals surface area contributed by atoms with Crippen molar-refractivity contribution in [1.82, 2.24) is 0 Å². The third-order valence-electron chi connectivity index (χ3n) is 3.04. The zero-order valence-corrected chi connectivity index (χ0v) is 10.6. The van der Waals surface area contributed by atoms with Crippen LogP contribution in [0.25, 0.3) is 0 Å². The summed E-state index contributed by atoms with van der Waals surface area (Å²) in [5.74, 6) is 0.733. The number of methoxy groups -OCH3 is 1. The minimum Gasteiger partial charge on any atom is -0.497 e. The summed E-state index contributed by atoms with van der Waals surface area (Å²) in [7, 11) is 1.61. The van der Waals surface area contributed by atoms with Gasteiger partial charge in [-0.3, -0.25) is 4.79 Å². The predicted molar refractivity (Wildman–Crippen MR) is 69.8 cm³/mol. The van der Waals surface area contributed by atoms with E-state index in [0.717, 1.165) is 37.3 Å². The summed E-state index contributed by atoms with van der Waals surface area (Å²) in [6, 6.07) is 7.35. The van der Waals surface area contributed by atoms with E-state index in [0.29, 0.717) is 6.42 Å². The fraction of sp³-hybridized carbons (Fsp3) is 0.500. The van der Waals surface area contributed by atoms with Crippen molar-refractivity contribution < 1.29 is 14.3 Å². The van der Waals surface area contributed by atoms with Gasteiger partial charge in [0.05, 0.1) is 19.6 Å². The number of carbonyl (C=O) groups is 1. The van der Waals surface area contributed by atoms with E-state index in [9.17, 15) is 4.79 Å². The van der Waals surface area contributed by atoms with E-state index < -0.39 is 0 Å². The molecule has 1 heterocycles. The molecule has 0 saturated carbocycles. The Morgan fingerprint density at radius 2 is 2.39 bits per heavy atom. The third-order valence-corrected chi connectivity index (χ3v) is 3.04. The molecular weight excluding hydrogens is 230 g/mol. The third kappa shape index (κ3) is 3.74. The maximum absolute atomic E-state index is 11.8. The second-order valence-corrected chi connectivity index (χ2v) is 4.47. The molecule has 1 aromatic rings. The summed E-state index contributed by atoms with van der Waals surface area (Å²) in [5.41, 5.74) is 0.759. The maximum atomic E-state index is 11.8. The Labute approximate surface area is 107 Å². The van der Waals surface area contributed by atoms with E-state index in [4.69, 9.17) is 9.47 Å². The number of hydrogen-bond donors (Lipinski definition) is 1. The largest absolute Gasteiger partial charge is 0.497 e. The molecule has 0 radical (unpaired) electrons. The van der Waals surface area contributed by atoms with E-state index in [1.165, 1.54) is 0 Å². The topological polar surface area (TPSA) is 47.6 Å². The van der Waals surface area contributed by atoms with Crippen molar-refractivity contribution in [2.75, 3.05) is 19.0 Å². The van der Waals surface area contributed by atoms with E-state index >= 15 is 0 Å². The first-order valence-electron chi connectivity index (χ1n) is 6.33. The summed E-state index contributed by atoms with van der Waals surface area (Å²) in [4.78, 5) is 11.8. The van der Waals surface area contributed by atoms with Gasteiger partial charge in [-0.1, -0.05) is 6.07 Å². The zero-order chi connectivity index (χ0) is 12.8. The fourth-order valence-corrected chi connectivity index (χ4v) is 2.09. The minimum atomic E-state index is -0.00449. The van der Waals surface area contributed by atoms with Gasteiger partial charge in [-0.05, 0) is 31.4 Å². The second-order valence-electron chi connectivity index (χ2n) is 4.47. The second kappa shape index (κ2) is 6.40. The summed E-state index contributed by atoms with van der Waals surface area (Å²) in [6.45, 7) is 0.775. The van der Waals surface area contributed by atoms with E-state index in [-0.39, 0.29) is 12.0 Å². The summed E-state index contributed by atoms with van der Waals surface area (Å²) < 4.78 is 10.7. The molecule has 0 spiro atoms. The molecular formula is C14H19NO3. The van der Waals surface area contributed by atoms with Crippen LogP contribution in [0.15, 0.2) is 24.3 Å². The van der Waals surface area contributed by atoms with Gasteiger partial charge in [0.2, 0.25) is 5.91 Å². The van der Waals surface area contributed by atoms with Crippen molar-refractivity contribution in [3.8, 4) is 5.75 Å². The molecule has 1 unspecified atom stereocenters. The summed E-state index contributed by atoms with van der Waals surface area (Å²) in [5, 5.41) is 2.86. The van der Waals surface area contributed by atoms with Crippen molar-refractivity contribution in [1.29, 1.82) is 0 Å². The SMILES string of the molecule is COc1cccc(NC(=O)CC2CCCCO2)c1. The van der Waals surface area contributed by atoms with Crippen LogP contribution in [0.5, 0.6) is 5.75 Å². The van der Waals surface area contributed by atoms with E-state index in [1.807, 2.05) is 18.2 Å². The Balaban J connectivity index is 1.85. The number of hydrogen-bond acceptors (Lipinski definition) is 3. The normalized spacial score (nSPS) is 19.3. The number of nitrogens with one attached hydrogen (secondary N) is 1. The molecule has 98 valence electrons. The molecule has 4 heteroatoms. The Bertz CT molecular complexity index is 400. The van der Waals surface area contributed by atoms with E-state index in [1.54, 1.807) is 13.2 Å². The molecule has 0 aliphatic carbocycles. The Hall–Kier alpha value is -1.55. The van der Waals surface area contributed by atoms with Crippen LogP contribution in [-0.2, 0) is 9.53 Å². The lowest BCUT2D eigenvalue weighted by Crippen LogP contribution is -2.25. The summed E-state index contributed by atoms with van der Waals surface area (Å²) in [6.07, 6.45) is 3.73. The lowest BCUT2D eigenvalue weighted by molar-refractivity contribution is -0.119. The van der Waals surface area contributed by atoms with Crippen LogP contribution < -0.4 is 10.1 Å². The van der Waals surface area contributed by atoms with Crippen LogP contribution >= 0.6 is 0 Å². The molecule has 4 nitrogen and oxygen atoms in total. The van der Waals surface area contributed by atoms with Crippen molar-refractivity contribution in [3.05, 3.63) is 24.3 Å². The van der Waals surface area contributed by atoms with Gasteiger partial charge in [0.15, 0.2) is 0 Å². The Morgan fingerprint density at radius 1 is 1.50 bits per heavy atom. The highest BCUT2D eigenvalue weighted by atomic mass is 16.5. The molecule has 1 aromatic carbocycles. The zero-order valence-electron chi connectivity index (χ0n) is 10.6. The smallest absolute Gasteiger partial charge is 0.226 e. The fourth-order valence-electron chi connectivity index (χ4n) is 2.09. The molecule has 18 heavy (non-hydrogen) atoms. The van der Waals surface area contributed by atoms with Crippen LogP contribution in [0, 0.1) is 0 Å². The number of benzene rings is 1. The number of amides is 1. The van der Waals surface area contributed by atoms with Crippen molar-refractivity contribution in [3.63, 3.8) is 0 Å². The first-order chi connectivity index (χ1) is 8.78. The lowest BCUT2D eigenvalue weighted by Gasteiger charge is -2.21. The number of anilines is 1. The van der Waals surface area contributed by atoms with Crippen LogP contribution in [0.2, 0.25) is 0 Å². The molecule has 2 rings (SSSR count). The van der Waals surface area contributed by atoms with Gasteiger partial charge in [0.25, 0.3) is 0 Å². The number of rotatable bonds is 4. The van der Waals surface area contributed by atoms with Gasteiger partial charge in [-0.15, -0.1) is 0 Å². The standard InChI is InChI=1S/C14H19NO3/c1-17-12-7-4-5-11(9-12)15-14(16)10-13-6-2-3-8-18-13/h4-5,7,9,13H,2-3,6,8,10H2,1H3,(H,15,16). The molecule has 1 saturated heterocycles. The van der Waals surface area contributed by atoms with Gasteiger partial charge >= 0.3 is 0 Å². The lowest BCUT2D eigenvalue weighted by atomic mass is 10.1. The molecule has 0 aromatic heterocycles. The predicted octanol–water partition coefficient (Wildman–Crippen LogP) is 2.59. The molecule has 1 atom stereocenters. The Kier molecular flexibility index (Phi) is 4.59. The van der Waals surface area contributed by atoms with Gasteiger partial charge in [-0.2, -0.15) is 0 Å². The monoisotopic (exact) mass is 249 g/mol. The highest BCUT2D eigenvalue weighted by molar-refractivity contribution is 5.91. The van der Waals surface area contributed by atoms with Gasteiger partial charge in [0.1, 0.15) is 5.75 Å². The molecule has 1 N–H and O–H groups in total. The average Bonchev–Trinajstić information content (AvgIpc) is 2.40. The van der Waals surface area contributed by atoms with Crippen LogP contribution in [0.1, 0.15) is 25.7 Å². The first kappa shape index (κ1) is 12.9. The Morgan fingerprint density at radius 3 is 3.11 bits per heavy atom. The first-order valence-corrected chi connectivity index (χ1v) is 6.33. The van der Waals surface area contributed by atoms with E-state index in [2.05, 4.69) is 5.32 Å². The quantitative estimate of drug-likeness (QED) is 0.892. The molecule has 1 amide bonds. The van der Waals surface area contributed by atoms with Crippen molar-refractivity contribution >= 4 is 11.6 Å². The highest BCUT2D eigenvalue weighted by Crippen LogP contribution is 2.19. The summed E-state index contributed by atoms with van der Waals surface area (Å²) >= 11 is 0. The number of carbonyl (C=O) groups excluding carboxylic acids is 1.